The first-order chi connectivity index (χ1) is 15.0. The van der Waals surface area contributed by atoms with Crippen molar-refractivity contribution in [2.24, 2.45) is 0 Å². The Morgan fingerprint density at radius 2 is 1.87 bits per heavy atom. The molecular weight excluding hydrogens is 432 g/mol. The fourth-order valence-corrected chi connectivity index (χ4v) is 4.43. The Kier molecular flexibility index (Phi) is 6.50. The lowest BCUT2D eigenvalue weighted by Gasteiger charge is -2.20. The van der Waals surface area contributed by atoms with Gasteiger partial charge in [-0.15, -0.1) is 10.2 Å². The number of nitrogens with zero attached hydrogens (tertiary/aromatic N) is 5. The van der Waals surface area contributed by atoms with E-state index in [1.54, 1.807) is 16.3 Å². The summed E-state index contributed by atoms with van der Waals surface area (Å²) in [6.07, 6.45) is 0.832. The molecule has 0 bridgehead atoms. The summed E-state index contributed by atoms with van der Waals surface area (Å²) >= 11 is 7.73. The van der Waals surface area contributed by atoms with Gasteiger partial charge in [-0.1, -0.05) is 35.5 Å². The fraction of sp³-hybridized carbons (Fsp3) is 0.318. The number of imidazole rings is 1. The highest BCUT2D eigenvalue weighted by Gasteiger charge is 2.21. The van der Waals surface area contributed by atoms with Crippen LogP contribution < -0.4 is 5.69 Å². The molecule has 162 valence electrons. The third-order valence-electron chi connectivity index (χ3n) is 5.33. The molecule has 1 N–H and O–H groups in total. The third-order valence-corrected chi connectivity index (χ3v) is 6.60. The summed E-state index contributed by atoms with van der Waals surface area (Å²) in [6, 6.07) is 15.6. The van der Waals surface area contributed by atoms with Gasteiger partial charge >= 0.3 is 5.69 Å². The molecule has 0 aliphatic rings. The van der Waals surface area contributed by atoms with Crippen LogP contribution in [-0.4, -0.2) is 49.1 Å². The SMILES string of the molecule is C[C@@H](c1nnc(SCCCn2c(=O)[nH]c3ccccc32)n1-c1ccc(Cl)cc1)N(C)C. The zero-order valence-corrected chi connectivity index (χ0v) is 19.3. The summed E-state index contributed by atoms with van der Waals surface area (Å²) in [5, 5.41) is 10.5. The predicted octanol–water partition coefficient (Wildman–Crippen LogP) is 4.37. The number of aromatic nitrogens is 5. The van der Waals surface area contributed by atoms with Gasteiger partial charge in [-0.25, -0.2) is 4.79 Å². The number of rotatable bonds is 8. The molecule has 2 heterocycles. The van der Waals surface area contributed by atoms with Crippen LogP contribution in [0.25, 0.3) is 16.7 Å². The number of benzene rings is 2. The van der Waals surface area contributed by atoms with Crippen LogP contribution in [0.1, 0.15) is 25.2 Å². The quantitative estimate of drug-likeness (QED) is 0.315. The Labute approximate surface area is 190 Å². The average molecular weight is 457 g/mol. The molecule has 0 saturated heterocycles. The Bertz CT molecular complexity index is 1230. The van der Waals surface area contributed by atoms with E-state index in [0.717, 1.165) is 39.9 Å². The summed E-state index contributed by atoms with van der Waals surface area (Å²) in [4.78, 5) is 17.3. The normalized spacial score (nSPS) is 12.7. The minimum absolute atomic E-state index is 0.0716. The van der Waals surface area contributed by atoms with Crippen molar-refractivity contribution < 1.29 is 0 Å². The molecule has 4 aromatic rings. The molecule has 0 fully saturated rings. The average Bonchev–Trinajstić information content (AvgIpc) is 3.31. The van der Waals surface area contributed by atoms with E-state index in [4.69, 9.17) is 11.6 Å². The summed E-state index contributed by atoms with van der Waals surface area (Å²) < 4.78 is 3.88. The van der Waals surface area contributed by atoms with Crippen molar-refractivity contribution in [3.63, 3.8) is 0 Å². The molecule has 0 amide bonds. The molecule has 9 heteroatoms. The largest absolute Gasteiger partial charge is 0.326 e. The third kappa shape index (κ3) is 4.56. The second-order valence-electron chi connectivity index (χ2n) is 7.59. The standard InChI is InChI=1S/C22H25ClN6OS/c1-15(27(2)3)20-25-26-22(29(20)17-11-9-16(23)10-12-17)31-14-6-13-28-19-8-5-4-7-18(19)24-21(28)30/h4-5,7-12,15H,6,13-14H2,1-3H3,(H,24,30)/t15-/m0/s1. The van der Waals surface area contributed by atoms with Crippen molar-refractivity contribution in [1.29, 1.82) is 0 Å². The number of hydrogen-bond acceptors (Lipinski definition) is 5. The van der Waals surface area contributed by atoms with Gasteiger partial charge in [0.25, 0.3) is 0 Å². The highest BCUT2D eigenvalue weighted by Crippen LogP contribution is 2.28. The first kappa shape index (κ1) is 21.7. The van der Waals surface area contributed by atoms with Crippen molar-refractivity contribution >= 4 is 34.4 Å². The Balaban J connectivity index is 1.52. The molecule has 0 aliphatic carbocycles. The van der Waals surface area contributed by atoms with E-state index in [2.05, 4.69) is 31.6 Å². The van der Waals surface area contributed by atoms with Crippen LogP contribution in [0.2, 0.25) is 5.02 Å². The van der Waals surface area contributed by atoms with E-state index in [1.165, 1.54) is 0 Å². The maximum absolute atomic E-state index is 12.3. The summed E-state index contributed by atoms with van der Waals surface area (Å²) in [5.41, 5.74) is 2.71. The van der Waals surface area contributed by atoms with Crippen molar-refractivity contribution in [3.05, 3.63) is 69.9 Å². The number of fused-ring (bicyclic) bond motifs is 1. The first-order valence-electron chi connectivity index (χ1n) is 10.1. The van der Waals surface area contributed by atoms with Crippen LogP contribution in [-0.2, 0) is 6.54 Å². The fourth-order valence-electron chi connectivity index (χ4n) is 3.42. The summed E-state index contributed by atoms with van der Waals surface area (Å²) in [6.45, 7) is 2.75. The van der Waals surface area contributed by atoms with E-state index < -0.39 is 0 Å². The maximum Gasteiger partial charge on any atom is 0.326 e. The van der Waals surface area contributed by atoms with Crippen molar-refractivity contribution in [3.8, 4) is 5.69 Å². The lowest BCUT2D eigenvalue weighted by atomic mass is 10.2. The van der Waals surface area contributed by atoms with E-state index in [1.807, 2.05) is 62.6 Å². The van der Waals surface area contributed by atoms with E-state index in [-0.39, 0.29) is 11.7 Å². The maximum atomic E-state index is 12.3. The number of aromatic amines is 1. The van der Waals surface area contributed by atoms with E-state index >= 15 is 0 Å². The zero-order valence-electron chi connectivity index (χ0n) is 17.7. The van der Waals surface area contributed by atoms with Crippen LogP contribution in [0, 0.1) is 0 Å². The van der Waals surface area contributed by atoms with Crippen molar-refractivity contribution in [1.82, 2.24) is 29.2 Å². The van der Waals surface area contributed by atoms with Crippen molar-refractivity contribution in [2.45, 2.75) is 31.1 Å². The van der Waals surface area contributed by atoms with Crippen molar-refractivity contribution in [2.75, 3.05) is 19.8 Å². The van der Waals surface area contributed by atoms with E-state index in [0.29, 0.717) is 11.6 Å². The monoisotopic (exact) mass is 456 g/mol. The molecule has 0 saturated carbocycles. The van der Waals surface area contributed by atoms with Crippen LogP contribution in [0.15, 0.2) is 58.5 Å². The smallest absolute Gasteiger partial charge is 0.306 e. The molecule has 0 radical (unpaired) electrons. The number of halogens is 1. The van der Waals surface area contributed by atoms with Gasteiger partial charge in [0.1, 0.15) is 0 Å². The molecule has 31 heavy (non-hydrogen) atoms. The molecule has 1 atom stereocenters. The van der Waals surface area contributed by atoms with E-state index in [9.17, 15) is 4.79 Å². The predicted molar refractivity (Wildman–Crippen MR) is 126 cm³/mol. The molecule has 4 rings (SSSR count). The molecule has 2 aromatic carbocycles. The topological polar surface area (TPSA) is 71.7 Å². The summed E-state index contributed by atoms with van der Waals surface area (Å²) in [5.74, 6) is 1.69. The number of thioether (sulfide) groups is 1. The molecule has 0 spiro atoms. The number of H-pyrrole nitrogens is 1. The molecular formula is C22H25ClN6OS. The van der Waals surface area contributed by atoms with Gasteiger partial charge in [0, 0.05) is 23.0 Å². The molecule has 0 aliphatic heterocycles. The number of nitrogens with one attached hydrogen (secondary N) is 1. The van der Waals surface area contributed by atoms with Gasteiger partial charge in [0.15, 0.2) is 11.0 Å². The number of aryl methyl sites for hydroxylation is 1. The van der Waals surface area contributed by atoms with Gasteiger partial charge < -0.3 is 4.98 Å². The second kappa shape index (κ2) is 9.30. The highest BCUT2D eigenvalue weighted by atomic mass is 35.5. The Hall–Kier alpha value is -2.55. The van der Waals surface area contributed by atoms with Crippen LogP contribution in [0.4, 0.5) is 0 Å². The van der Waals surface area contributed by atoms with Crippen LogP contribution >= 0.6 is 23.4 Å². The molecule has 0 unspecified atom stereocenters. The van der Waals surface area contributed by atoms with Gasteiger partial charge in [0.2, 0.25) is 0 Å². The van der Waals surface area contributed by atoms with Gasteiger partial charge in [-0.05, 0) is 63.8 Å². The summed E-state index contributed by atoms with van der Waals surface area (Å²) in [7, 11) is 4.05. The first-order valence-corrected chi connectivity index (χ1v) is 11.5. The van der Waals surface area contributed by atoms with Gasteiger partial charge in [-0.3, -0.25) is 14.0 Å². The molecule has 7 nitrogen and oxygen atoms in total. The zero-order chi connectivity index (χ0) is 22.0. The number of para-hydroxylation sites is 2. The Morgan fingerprint density at radius 3 is 2.61 bits per heavy atom. The van der Waals surface area contributed by atoms with Crippen LogP contribution in [0.3, 0.4) is 0 Å². The number of hydrogen-bond donors (Lipinski definition) is 1. The lowest BCUT2D eigenvalue weighted by molar-refractivity contribution is 0.305. The molecule has 2 aromatic heterocycles. The minimum atomic E-state index is -0.0716. The van der Waals surface area contributed by atoms with Gasteiger partial charge in [-0.2, -0.15) is 0 Å². The minimum Gasteiger partial charge on any atom is -0.306 e. The lowest BCUT2D eigenvalue weighted by Crippen LogP contribution is -2.20. The van der Waals surface area contributed by atoms with Crippen LogP contribution in [0.5, 0.6) is 0 Å². The van der Waals surface area contributed by atoms with Gasteiger partial charge in [0.05, 0.1) is 17.1 Å². The second-order valence-corrected chi connectivity index (χ2v) is 9.09. The Morgan fingerprint density at radius 1 is 1.13 bits per heavy atom. The highest BCUT2D eigenvalue weighted by molar-refractivity contribution is 7.99.